The number of methoxy groups -OCH3 is 1. The Morgan fingerprint density at radius 3 is 2.82 bits per heavy atom. The number of carbonyl (C=O) groups is 1. The molecule has 1 unspecified atom stereocenters. The molecule has 2 aromatic carbocycles. The zero-order chi connectivity index (χ0) is 23.1. The van der Waals surface area contributed by atoms with Crippen LogP contribution in [0.25, 0.3) is 15.3 Å². The van der Waals surface area contributed by atoms with Crippen LogP contribution in [-0.4, -0.2) is 34.4 Å². The lowest BCUT2D eigenvalue weighted by Gasteiger charge is -2.24. The van der Waals surface area contributed by atoms with Gasteiger partial charge in [-0.3, -0.25) is 4.79 Å². The molecule has 8 heteroatoms. The maximum atomic E-state index is 12.7. The molecule has 0 spiro atoms. The largest absolute Gasteiger partial charge is 0.493 e. The highest BCUT2D eigenvalue weighted by molar-refractivity contribution is 7.20. The molecule has 1 fully saturated rings. The van der Waals surface area contributed by atoms with Gasteiger partial charge in [0.05, 0.1) is 30.1 Å². The van der Waals surface area contributed by atoms with Crippen molar-refractivity contribution in [3.05, 3.63) is 59.8 Å². The number of fused-ring (bicyclic) bond motifs is 2. The van der Waals surface area contributed by atoms with Crippen molar-refractivity contribution >= 4 is 33.3 Å². The summed E-state index contributed by atoms with van der Waals surface area (Å²) in [7, 11) is 1.66. The van der Waals surface area contributed by atoms with E-state index in [1.165, 1.54) is 25.7 Å². The van der Waals surface area contributed by atoms with E-state index in [1.807, 2.05) is 48.7 Å². The zero-order valence-electron chi connectivity index (χ0n) is 19.0. The van der Waals surface area contributed by atoms with Crippen LogP contribution in [0, 0.1) is 5.92 Å². The highest BCUT2D eigenvalue weighted by Gasteiger charge is 2.31. The number of hydrogen-bond donors (Lipinski definition) is 1. The number of nitrogens with one attached hydrogen (secondary N) is 1. The molecule has 34 heavy (non-hydrogen) atoms. The highest BCUT2D eigenvalue weighted by atomic mass is 32.1. The Bertz CT molecular complexity index is 1320. The van der Waals surface area contributed by atoms with Crippen molar-refractivity contribution in [2.75, 3.05) is 19.0 Å². The van der Waals surface area contributed by atoms with E-state index >= 15 is 0 Å². The van der Waals surface area contributed by atoms with E-state index < -0.39 is 0 Å². The van der Waals surface area contributed by atoms with Crippen LogP contribution in [0.15, 0.2) is 48.7 Å². The lowest BCUT2D eigenvalue weighted by atomic mass is 9.87. The van der Waals surface area contributed by atoms with Gasteiger partial charge in [-0.05, 0) is 48.6 Å². The summed E-state index contributed by atoms with van der Waals surface area (Å²) in [5.74, 6) is 2.60. The number of thiazole rings is 1. The van der Waals surface area contributed by atoms with E-state index in [1.54, 1.807) is 23.1 Å². The first-order valence-electron chi connectivity index (χ1n) is 11.7. The molecule has 1 aliphatic carbocycles. The van der Waals surface area contributed by atoms with Crippen LogP contribution < -0.4 is 14.8 Å². The first kappa shape index (κ1) is 21.2. The van der Waals surface area contributed by atoms with Gasteiger partial charge in [-0.15, -0.1) is 0 Å². The number of para-hydroxylation sites is 1. The summed E-state index contributed by atoms with van der Waals surface area (Å²) >= 11 is 1.55. The highest BCUT2D eigenvalue weighted by Crippen LogP contribution is 2.41. The molecule has 1 amide bonds. The van der Waals surface area contributed by atoms with Crippen LogP contribution in [-0.2, 0) is 4.79 Å². The molecule has 0 radical (unpaired) electrons. The maximum Gasteiger partial charge on any atom is 0.226 e. The lowest BCUT2D eigenvalue weighted by molar-refractivity contribution is -0.116. The minimum atomic E-state index is -0.121. The number of hydrogen-bond acceptors (Lipinski definition) is 6. The van der Waals surface area contributed by atoms with Crippen molar-refractivity contribution < 1.29 is 14.3 Å². The van der Waals surface area contributed by atoms with Gasteiger partial charge in [-0.2, -0.15) is 9.78 Å². The van der Waals surface area contributed by atoms with Crippen molar-refractivity contribution in [2.24, 2.45) is 5.92 Å². The second-order valence-electron chi connectivity index (χ2n) is 9.00. The molecular weight excluding hydrogens is 448 g/mol. The standard InChI is InChI=1S/C26H26N4O3S/c1-32-22-12-17(10-11-21(22)33-15-16-6-2-3-7-16)18-13-24(31)29-25-19(18)14-27-30(25)26-28-20-8-4-5-9-23(20)34-26/h4-5,8-12,14,16,18H,2-3,6-7,13,15H2,1H3,(H,29,31). The molecular formula is C26H26N4O3S. The van der Waals surface area contributed by atoms with Gasteiger partial charge in [-0.25, -0.2) is 4.98 Å². The second kappa shape index (κ2) is 8.76. The van der Waals surface area contributed by atoms with Gasteiger partial charge < -0.3 is 14.8 Å². The Labute approximate surface area is 201 Å². The molecule has 1 atom stereocenters. The second-order valence-corrected chi connectivity index (χ2v) is 10.0. The van der Waals surface area contributed by atoms with Crippen LogP contribution in [0.5, 0.6) is 11.5 Å². The fraction of sp³-hybridized carbons (Fsp3) is 0.346. The van der Waals surface area contributed by atoms with E-state index in [-0.39, 0.29) is 11.8 Å². The van der Waals surface area contributed by atoms with Crippen LogP contribution >= 0.6 is 11.3 Å². The van der Waals surface area contributed by atoms with E-state index in [4.69, 9.17) is 14.5 Å². The monoisotopic (exact) mass is 474 g/mol. The number of carbonyl (C=O) groups excluding carboxylic acids is 1. The normalized spacial score (nSPS) is 18.1. The number of aromatic nitrogens is 3. The topological polar surface area (TPSA) is 78.3 Å². The molecule has 0 bridgehead atoms. The number of nitrogens with zero attached hydrogens (tertiary/aromatic N) is 3. The summed E-state index contributed by atoms with van der Waals surface area (Å²) in [5.41, 5.74) is 2.90. The average molecular weight is 475 g/mol. The molecule has 1 saturated carbocycles. The van der Waals surface area contributed by atoms with E-state index in [0.29, 0.717) is 23.9 Å². The third kappa shape index (κ3) is 3.81. The number of amides is 1. The Morgan fingerprint density at radius 1 is 1.15 bits per heavy atom. The Hall–Kier alpha value is -3.39. The summed E-state index contributed by atoms with van der Waals surface area (Å²) in [6, 6.07) is 14.0. The van der Waals surface area contributed by atoms with E-state index in [2.05, 4.69) is 10.4 Å². The van der Waals surface area contributed by atoms with Crippen molar-refractivity contribution in [2.45, 2.75) is 38.0 Å². The van der Waals surface area contributed by atoms with Crippen LogP contribution in [0.3, 0.4) is 0 Å². The van der Waals surface area contributed by atoms with Crippen LogP contribution in [0.2, 0.25) is 0 Å². The summed E-state index contributed by atoms with van der Waals surface area (Å²) in [6.07, 6.45) is 7.24. The number of anilines is 1. The Balaban J connectivity index is 1.32. The fourth-order valence-corrected chi connectivity index (χ4v) is 5.95. The van der Waals surface area contributed by atoms with Crippen molar-refractivity contribution in [3.8, 4) is 16.6 Å². The zero-order valence-corrected chi connectivity index (χ0v) is 19.8. The van der Waals surface area contributed by atoms with Crippen LogP contribution in [0.1, 0.15) is 49.1 Å². The third-order valence-electron chi connectivity index (χ3n) is 6.82. The van der Waals surface area contributed by atoms with Gasteiger partial charge in [0.25, 0.3) is 0 Å². The third-order valence-corrected chi connectivity index (χ3v) is 7.84. The molecule has 1 aliphatic heterocycles. The van der Waals surface area contributed by atoms with Gasteiger partial charge in [0.15, 0.2) is 11.5 Å². The van der Waals surface area contributed by atoms with Gasteiger partial charge in [0.1, 0.15) is 5.82 Å². The van der Waals surface area contributed by atoms with Gasteiger partial charge in [0, 0.05) is 17.9 Å². The Morgan fingerprint density at radius 2 is 2.00 bits per heavy atom. The molecule has 174 valence electrons. The molecule has 1 N–H and O–H groups in total. The molecule has 6 rings (SSSR count). The van der Waals surface area contributed by atoms with Crippen molar-refractivity contribution in [1.29, 1.82) is 0 Å². The van der Waals surface area contributed by atoms with E-state index in [0.717, 1.165) is 38.8 Å². The van der Waals surface area contributed by atoms with Gasteiger partial charge in [0.2, 0.25) is 11.0 Å². The number of ether oxygens (including phenoxy) is 2. The van der Waals surface area contributed by atoms with Crippen molar-refractivity contribution in [3.63, 3.8) is 0 Å². The molecule has 2 aromatic heterocycles. The molecule has 4 aromatic rings. The fourth-order valence-electron chi connectivity index (χ4n) is 5.02. The minimum absolute atomic E-state index is 0.0408. The lowest BCUT2D eigenvalue weighted by Crippen LogP contribution is -2.24. The first-order chi connectivity index (χ1) is 16.7. The van der Waals surface area contributed by atoms with Crippen molar-refractivity contribution in [1.82, 2.24) is 14.8 Å². The Kier molecular flexibility index (Phi) is 5.45. The summed E-state index contributed by atoms with van der Waals surface area (Å²) in [4.78, 5) is 17.4. The molecule has 3 heterocycles. The smallest absolute Gasteiger partial charge is 0.226 e. The van der Waals surface area contributed by atoms with Gasteiger partial charge >= 0.3 is 0 Å². The summed E-state index contributed by atoms with van der Waals surface area (Å²) in [5, 5.41) is 8.35. The SMILES string of the molecule is COc1cc(C2CC(=O)Nc3c2cnn3-c2nc3ccccc3s2)ccc1OCC1CCCC1. The van der Waals surface area contributed by atoms with Gasteiger partial charge in [-0.1, -0.05) is 42.4 Å². The molecule has 2 aliphatic rings. The molecule has 7 nitrogen and oxygen atoms in total. The summed E-state index contributed by atoms with van der Waals surface area (Å²) < 4.78 is 14.6. The molecule has 0 saturated heterocycles. The predicted octanol–water partition coefficient (Wildman–Crippen LogP) is 5.53. The van der Waals surface area contributed by atoms with Crippen LogP contribution in [0.4, 0.5) is 5.82 Å². The summed E-state index contributed by atoms with van der Waals surface area (Å²) in [6.45, 7) is 0.723. The predicted molar refractivity (Wildman–Crippen MR) is 132 cm³/mol. The minimum Gasteiger partial charge on any atom is -0.493 e. The maximum absolute atomic E-state index is 12.7. The quantitative estimate of drug-likeness (QED) is 0.397. The van der Waals surface area contributed by atoms with E-state index in [9.17, 15) is 4.79 Å². The first-order valence-corrected chi connectivity index (χ1v) is 12.6. The number of benzene rings is 2. The average Bonchev–Trinajstić information content (AvgIpc) is 3.61. The number of rotatable bonds is 6.